The lowest BCUT2D eigenvalue weighted by Crippen LogP contribution is -2.38. The Morgan fingerprint density at radius 2 is 1.85 bits per heavy atom. The van der Waals surface area contributed by atoms with E-state index in [1.54, 1.807) is 17.0 Å². The molecule has 1 unspecified atom stereocenters. The molecule has 2 rings (SSSR count). The number of aliphatic hydroxyl groups is 1. The quantitative estimate of drug-likeness (QED) is 0.424. The van der Waals surface area contributed by atoms with E-state index in [0.717, 1.165) is 11.1 Å². The smallest absolute Gasteiger partial charge is 0.302 e. The lowest BCUT2D eigenvalue weighted by molar-refractivity contribution is -0.143. The number of carbonyl (C=O) groups excluding carboxylic acids is 2. The molecule has 0 saturated heterocycles. The fourth-order valence-electron chi connectivity index (χ4n) is 3.46. The molecule has 0 fully saturated rings. The van der Waals surface area contributed by atoms with Crippen LogP contribution in [0.1, 0.15) is 44.2 Å². The van der Waals surface area contributed by atoms with Gasteiger partial charge in [0.2, 0.25) is 5.91 Å². The summed E-state index contributed by atoms with van der Waals surface area (Å²) in [5.41, 5.74) is 1.69. The highest BCUT2D eigenvalue weighted by Gasteiger charge is 2.22. The molecule has 0 radical (unpaired) electrons. The van der Waals surface area contributed by atoms with Gasteiger partial charge in [-0.15, -0.1) is 0 Å². The van der Waals surface area contributed by atoms with E-state index in [-0.39, 0.29) is 44.1 Å². The lowest BCUT2D eigenvalue weighted by Gasteiger charge is -2.28. The van der Waals surface area contributed by atoms with Crippen LogP contribution >= 0.6 is 23.2 Å². The number of hydrogen-bond donors (Lipinski definition) is 1. The first-order valence-corrected chi connectivity index (χ1v) is 11.7. The van der Waals surface area contributed by atoms with E-state index < -0.39 is 5.97 Å². The molecular weight excluding hydrogens is 465 g/mol. The molecule has 1 amide bonds. The van der Waals surface area contributed by atoms with Crippen molar-refractivity contribution in [2.75, 3.05) is 26.3 Å². The standard InChI is InChI=1S/C25H31Cl2NO5/c1-17(2)33-22-6-4-5-19(13-22)14-25(31)28(10-12-32-18(3)30)16-21(9-11-29)20-7-8-23(26)24(27)15-20/h4-8,13,15,17,21,29H,9-12,14,16H2,1-3H3. The van der Waals surface area contributed by atoms with Crippen molar-refractivity contribution in [1.29, 1.82) is 0 Å². The summed E-state index contributed by atoms with van der Waals surface area (Å²) < 4.78 is 10.8. The third kappa shape index (κ3) is 9.24. The van der Waals surface area contributed by atoms with E-state index in [2.05, 4.69) is 0 Å². The van der Waals surface area contributed by atoms with Crippen molar-refractivity contribution >= 4 is 35.1 Å². The Labute approximate surface area is 205 Å². The summed E-state index contributed by atoms with van der Waals surface area (Å²) in [6.07, 6.45) is 0.636. The number of halogens is 2. The van der Waals surface area contributed by atoms with E-state index in [0.29, 0.717) is 28.8 Å². The minimum absolute atomic E-state index is 0.0293. The van der Waals surface area contributed by atoms with Gasteiger partial charge in [0.15, 0.2) is 0 Å². The van der Waals surface area contributed by atoms with Gasteiger partial charge < -0.3 is 19.5 Å². The van der Waals surface area contributed by atoms with Gasteiger partial charge in [-0.3, -0.25) is 9.59 Å². The van der Waals surface area contributed by atoms with Crippen LogP contribution in [-0.4, -0.2) is 54.3 Å². The molecule has 2 aromatic carbocycles. The molecule has 1 atom stereocenters. The number of nitrogens with zero attached hydrogens (tertiary/aromatic N) is 1. The molecule has 1 N–H and O–H groups in total. The first-order valence-electron chi connectivity index (χ1n) is 10.9. The van der Waals surface area contributed by atoms with Crippen molar-refractivity contribution in [2.24, 2.45) is 0 Å². The third-order valence-corrected chi connectivity index (χ3v) is 5.72. The number of benzene rings is 2. The van der Waals surface area contributed by atoms with Gasteiger partial charge in [0.25, 0.3) is 0 Å². The fourth-order valence-corrected chi connectivity index (χ4v) is 3.76. The Hall–Kier alpha value is -2.28. The van der Waals surface area contributed by atoms with Crippen LogP contribution in [0.4, 0.5) is 0 Å². The lowest BCUT2D eigenvalue weighted by atomic mass is 9.95. The summed E-state index contributed by atoms with van der Waals surface area (Å²) in [5, 5.41) is 10.5. The van der Waals surface area contributed by atoms with Crippen LogP contribution in [0.2, 0.25) is 10.0 Å². The summed E-state index contributed by atoms with van der Waals surface area (Å²) in [7, 11) is 0. The Kier molecular flexibility index (Phi) is 11.0. The molecule has 6 nitrogen and oxygen atoms in total. The van der Waals surface area contributed by atoms with Gasteiger partial charge in [-0.1, -0.05) is 41.4 Å². The maximum Gasteiger partial charge on any atom is 0.302 e. The van der Waals surface area contributed by atoms with E-state index >= 15 is 0 Å². The molecule has 0 bridgehead atoms. The fraction of sp³-hybridized carbons (Fsp3) is 0.440. The molecule has 0 saturated carbocycles. The number of aliphatic hydroxyl groups excluding tert-OH is 1. The minimum Gasteiger partial charge on any atom is -0.491 e. The average Bonchev–Trinajstić information content (AvgIpc) is 2.74. The first kappa shape index (κ1) is 27.0. The zero-order chi connectivity index (χ0) is 24.4. The molecule has 0 aliphatic rings. The first-order chi connectivity index (χ1) is 15.7. The second kappa shape index (κ2) is 13.4. The number of rotatable bonds is 12. The van der Waals surface area contributed by atoms with Crippen LogP contribution in [-0.2, 0) is 20.7 Å². The van der Waals surface area contributed by atoms with Crippen LogP contribution < -0.4 is 4.74 Å². The van der Waals surface area contributed by atoms with E-state index in [1.807, 2.05) is 44.2 Å². The highest BCUT2D eigenvalue weighted by molar-refractivity contribution is 6.42. The molecule has 0 spiro atoms. The van der Waals surface area contributed by atoms with Gasteiger partial charge in [0.05, 0.1) is 29.1 Å². The van der Waals surface area contributed by atoms with Crippen molar-refractivity contribution in [2.45, 2.75) is 45.6 Å². The summed E-state index contributed by atoms with van der Waals surface area (Å²) in [6.45, 7) is 5.83. The van der Waals surface area contributed by atoms with E-state index in [4.69, 9.17) is 32.7 Å². The van der Waals surface area contributed by atoms with Gasteiger partial charge in [-0.25, -0.2) is 0 Å². The van der Waals surface area contributed by atoms with Crippen LogP contribution in [0.25, 0.3) is 0 Å². The maximum atomic E-state index is 13.2. The predicted molar refractivity (Wildman–Crippen MR) is 130 cm³/mol. The van der Waals surface area contributed by atoms with Gasteiger partial charge in [-0.05, 0) is 55.7 Å². The van der Waals surface area contributed by atoms with Crippen LogP contribution in [0.5, 0.6) is 5.75 Å². The Bertz CT molecular complexity index is 935. The van der Waals surface area contributed by atoms with Gasteiger partial charge in [-0.2, -0.15) is 0 Å². The summed E-state index contributed by atoms with van der Waals surface area (Å²) >= 11 is 12.2. The number of hydrogen-bond acceptors (Lipinski definition) is 5. The normalized spacial score (nSPS) is 11.8. The monoisotopic (exact) mass is 495 g/mol. The second-order valence-corrected chi connectivity index (χ2v) is 8.87. The second-order valence-electron chi connectivity index (χ2n) is 8.05. The summed E-state index contributed by atoms with van der Waals surface area (Å²) in [4.78, 5) is 26.1. The predicted octanol–water partition coefficient (Wildman–Crippen LogP) is 4.88. The number of esters is 1. The van der Waals surface area contributed by atoms with Crippen molar-refractivity contribution in [3.63, 3.8) is 0 Å². The van der Waals surface area contributed by atoms with Crippen molar-refractivity contribution in [1.82, 2.24) is 4.90 Å². The van der Waals surface area contributed by atoms with Crippen molar-refractivity contribution in [3.8, 4) is 5.75 Å². The van der Waals surface area contributed by atoms with Gasteiger partial charge in [0, 0.05) is 26.0 Å². The van der Waals surface area contributed by atoms with Crippen LogP contribution in [0.15, 0.2) is 42.5 Å². The maximum absolute atomic E-state index is 13.2. The largest absolute Gasteiger partial charge is 0.491 e. The van der Waals surface area contributed by atoms with E-state index in [9.17, 15) is 14.7 Å². The zero-order valence-electron chi connectivity index (χ0n) is 19.2. The molecule has 33 heavy (non-hydrogen) atoms. The van der Waals surface area contributed by atoms with Crippen LogP contribution in [0, 0.1) is 0 Å². The van der Waals surface area contributed by atoms with Crippen LogP contribution in [0.3, 0.4) is 0 Å². The van der Waals surface area contributed by atoms with Gasteiger partial charge in [0.1, 0.15) is 12.4 Å². The Morgan fingerprint density at radius 3 is 2.48 bits per heavy atom. The minimum atomic E-state index is -0.405. The van der Waals surface area contributed by atoms with Crippen molar-refractivity contribution < 1.29 is 24.2 Å². The third-order valence-electron chi connectivity index (χ3n) is 4.98. The molecular formula is C25H31Cl2NO5. The number of amides is 1. The van der Waals surface area contributed by atoms with Crippen molar-refractivity contribution in [3.05, 3.63) is 63.6 Å². The number of carbonyl (C=O) groups is 2. The Morgan fingerprint density at radius 1 is 1.09 bits per heavy atom. The van der Waals surface area contributed by atoms with Gasteiger partial charge >= 0.3 is 5.97 Å². The Balaban J connectivity index is 2.21. The molecule has 0 heterocycles. The zero-order valence-corrected chi connectivity index (χ0v) is 20.7. The average molecular weight is 496 g/mol. The molecule has 180 valence electrons. The molecule has 0 aromatic heterocycles. The highest BCUT2D eigenvalue weighted by atomic mass is 35.5. The highest BCUT2D eigenvalue weighted by Crippen LogP contribution is 2.29. The van der Waals surface area contributed by atoms with E-state index in [1.165, 1.54) is 6.92 Å². The molecule has 0 aliphatic carbocycles. The SMILES string of the molecule is CC(=O)OCCN(CC(CCO)c1ccc(Cl)c(Cl)c1)C(=O)Cc1cccc(OC(C)C)c1. The molecule has 0 aliphatic heterocycles. The number of ether oxygens (including phenoxy) is 2. The summed E-state index contributed by atoms with van der Waals surface area (Å²) in [6, 6.07) is 12.7. The summed E-state index contributed by atoms with van der Waals surface area (Å²) in [5.74, 6) is 0.0153. The molecule has 8 heteroatoms. The molecule has 2 aromatic rings. The topological polar surface area (TPSA) is 76.1 Å².